The maximum atomic E-state index is 12.6. The van der Waals surface area contributed by atoms with Crippen molar-refractivity contribution < 1.29 is 29.1 Å². The number of rotatable bonds is 6. The van der Waals surface area contributed by atoms with E-state index in [1.165, 1.54) is 0 Å². The fourth-order valence-electron chi connectivity index (χ4n) is 2.84. The van der Waals surface area contributed by atoms with Crippen LogP contribution in [0.4, 0.5) is 0 Å². The largest absolute Gasteiger partial charge is 0.480 e. The van der Waals surface area contributed by atoms with Gasteiger partial charge in [0, 0.05) is 16.5 Å². The van der Waals surface area contributed by atoms with Crippen LogP contribution >= 0.6 is 0 Å². The van der Waals surface area contributed by atoms with Gasteiger partial charge in [0.05, 0.1) is 6.54 Å². The lowest BCUT2D eigenvalue weighted by Crippen LogP contribution is -2.48. The summed E-state index contributed by atoms with van der Waals surface area (Å²) in [5.41, 5.74) is 0.657. The van der Waals surface area contributed by atoms with E-state index in [9.17, 15) is 24.0 Å². The highest BCUT2D eigenvalue weighted by Gasteiger charge is 2.33. The van der Waals surface area contributed by atoms with Crippen LogP contribution in [0.5, 0.6) is 0 Å². The number of carboxylic acids is 1. The molecule has 0 bridgehead atoms. The van der Waals surface area contributed by atoms with E-state index >= 15 is 0 Å². The SMILES string of the molecule is O=C(O)CNC(=O)CNC(=O)CN1C(=O)c2cccc3cccc(c23)C1=O. The van der Waals surface area contributed by atoms with Gasteiger partial charge in [-0.1, -0.05) is 24.3 Å². The number of imide groups is 1. The van der Waals surface area contributed by atoms with Crippen molar-refractivity contribution in [2.45, 2.75) is 0 Å². The molecule has 4 amide bonds. The molecule has 138 valence electrons. The highest BCUT2D eigenvalue weighted by molar-refractivity contribution is 6.26. The van der Waals surface area contributed by atoms with Crippen LogP contribution in [0.3, 0.4) is 0 Å². The first-order valence-electron chi connectivity index (χ1n) is 8.01. The Balaban J connectivity index is 1.70. The van der Waals surface area contributed by atoms with Gasteiger partial charge in [0.25, 0.3) is 11.8 Å². The molecule has 27 heavy (non-hydrogen) atoms. The summed E-state index contributed by atoms with van der Waals surface area (Å²) >= 11 is 0. The number of nitrogens with one attached hydrogen (secondary N) is 2. The van der Waals surface area contributed by atoms with Crippen LogP contribution in [0.15, 0.2) is 36.4 Å². The Morgan fingerprint density at radius 2 is 1.41 bits per heavy atom. The van der Waals surface area contributed by atoms with Gasteiger partial charge >= 0.3 is 5.97 Å². The van der Waals surface area contributed by atoms with E-state index in [2.05, 4.69) is 10.6 Å². The third-order valence-electron chi connectivity index (χ3n) is 4.04. The highest BCUT2D eigenvalue weighted by atomic mass is 16.4. The van der Waals surface area contributed by atoms with Crippen molar-refractivity contribution in [2.24, 2.45) is 0 Å². The molecule has 0 aliphatic carbocycles. The molecule has 0 radical (unpaired) electrons. The van der Waals surface area contributed by atoms with Crippen molar-refractivity contribution in [1.82, 2.24) is 15.5 Å². The number of carbonyl (C=O) groups is 5. The zero-order valence-electron chi connectivity index (χ0n) is 14.0. The molecule has 3 rings (SSSR count). The quantitative estimate of drug-likeness (QED) is 0.602. The van der Waals surface area contributed by atoms with Crippen molar-refractivity contribution in [1.29, 1.82) is 0 Å². The van der Waals surface area contributed by atoms with Crippen molar-refractivity contribution in [2.75, 3.05) is 19.6 Å². The van der Waals surface area contributed by atoms with Crippen LogP contribution in [0.25, 0.3) is 10.8 Å². The lowest BCUT2D eigenvalue weighted by molar-refractivity contribution is -0.137. The van der Waals surface area contributed by atoms with Gasteiger partial charge in [0.1, 0.15) is 13.1 Å². The van der Waals surface area contributed by atoms with Gasteiger partial charge in [-0.2, -0.15) is 0 Å². The van der Waals surface area contributed by atoms with Gasteiger partial charge in [0.2, 0.25) is 11.8 Å². The van der Waals surface area contributed by atoms with E-state index in [1.54, 1.807) is 36.4 Å². The van der Waals surface area contributed by atoms with Crippen LogP contribution in [-0.4, -0.2) is 59.2 Å². The molecule has 3 N–H and O–H groups in total. The maximum absolute atomic E-state index is 12.6. The van der Waals surface area contributed by atoms with Crippen molar-refractivity contribution in [3.8, 4) is 0 Å². The number of hydrogen-bond donors (Lipinski definition) is 3. The van der Waals surface area contributed by atoms with E-state index in [0.717, 1.165) is 10.3 Å². The molecule has 0 fully saturated rings. The summed E-state index contributed by atoms with van der Waals surface area (Å²) in [7, 11) is 0. The molecule has 1 aliphatic rings. The lowest BCUT2D eigenvalue weighted by atomic mass is 9.94. The van der Waals surface area contributed by atoms with Gasteiger partial charge in [-0.15, -0.1) is 0 Å². The van der Waals surface area contributed by atoms with Crippen molar-refractivity contribution in [3.05, 3.63) is 47.5 Å². The summed E-state index contributed by atoms with van der Waals surface area (Å²) in [6.45, 7) is -1.58. The maximum Gasteiger partial charge on any atom is 0.322 e. The molecular weight excluding hydrogens is 354 g/mol. The van der Waals surface area contributed by atoms with Gasteiger partial charge in [-0.3, -0.25) is 28.9 Å². The summed E-state index contributed by atoms with van der Waals surface area (Å²) in [4.78, 5) is 60.0. The Labute approximate surface area is 152 Å². The van der Waals surface area contributed by atoms with E-state index in [4.69, 9.17) is 5.11 Å². The van der Waals surface area contributed by atoms with Crippen LogP contribution < -0.4 is 10.6 Å². The number of hydrogen-bond acceptors (Lipinski definition) is 5. The zero-order valence-corrected chi connectivity index (χ0v) is 14.0. The van der Waals surface area contributed by atoms with Crippen molar-refractivity contribution in [3.63, 3.8) is 0 Å². The highest BCUT2D eigenvalue weighted by Crippen LogP contribution is 2.29. The third kappa shape index (κ3) is 3.61. The lowest BCUT2D eigenvalue weighted by Gasteiger charge is -2.26. The second-order valence-electron chi connectivity index (χ2n) is 5.85. The minimum absolute atomic E-state index is 0.328. The second-order valence-corrected chi connectivity index (χ2v) is 5.85. The summed E-state index contributed by atoms with van der Waals surface area (Å²) < 4.78 is 0. The fourth-order valence-corrected chi connectivity index (χ4v) is 2.84. The molecule has 1 heterocycles. The topological polar surface area (TPSA) is 133 Å². The summed E-state index contributed by atoms with van der Waals surface area (Å²) in [6.07, 6.45) is 0. The van der Waals surface area contributed by atoms with Gasteiger partial charge in [-0.05, 0) is 17.5 Å². The molecule has 0 aromatic heterocycles. The molecule has 0 unspecified atom stereocenters. The molecule has 9 nitrogen and oxygen atoms in total. The Morgan fingerprint density at radius 3 is 1.96 bits per heavy atom. The second kappa shape index (κ2) is 7.24. The molecule has 9 heteroatoms. The van der Waals surface area contributed by atoms with Gasteiger partial charge in [0.15, 0.2) is 0 Å². The fraction of sp³-hybridized carbons (Fsp3) is 0.167. The van der Waals surface area contributed by atoms with E-state index in [-0.39, 0.29) is 0 Å². The molecule has 2 aromatic rings. The summed E-state index contributed by atoms with van der Waals surface area (Å²) in [5.74, 6) is -3.80. The Kier molecular flexibility index (Phi) is 4.84. The summed E-state index contributed by atoms with van der Waals surface area (Å²) in [6, 6.07) is 10.2. The normalized spacial score (nSPS) is 12.8. The van der Waals surface area contributed by atoms with E-state index < -0.39 is 49.2 Å². The molecule has 2 aromatic carbocycles. The Bertz CT molecular complexity index is 933. The number of benzene rings is 2. The molecule has 0 spiro atoms. The predicted molar refractivity (Wildman–Crippen MR) is 93.0 cm³/mol. The van der Waals surface area contributed by atoms with Crippen LogP contribution in [0.1, 0.15) is 20.7 Å². The molecule has 0 atom stereocenters. The first kappa shape index (κ1) is 18.1. The standard InChI is InChI=1S/C18H15N3O6/c22-13(20-8-15(24)25)7-19-14(23)9-21-17(26)11-5-1-3-10-4-2-6-12(16(10)11)18(21)27/h1-6H,7-9H2,(H,19,23)(H,20,22)(H,24,25). The van der Waals surface area contributed by atoms with Crippen LogP contribution in [-0.2, 0) is 14.4 Å². The van der Waals surface area contributed by atoms with Crippen LogP contribution in [0, 0.1) is 0 Å². The molecule has 0 saturated carbocycles. The predicted octanol–water partition coefficient (Wildman–Crippen LogP) is -0.247. The summed E-state index contributed by atoms with van der Waals surface area (Å²) in [5, 5.41) is 14.1. The monoisotopic (exact) mass is 369 g/mol. The average Bonchev–Trinajstić information content (AvgIpc) is 2.66. The van der Waals surface area contributed by atoms with Gasteiger partial charge < -0.3 is 15.7 Å². The molecular formula is C18H15N3O6. The number of carboxylic acid groups (broad SMARTS) is 1. The third-order valence-corrected chi connectivity index (χ3v) is 4.04. The zero-order chi connectivity index (χ0) is 19.6. The first-order valence-corrected chi connectivity index (χ1v) is 8.01. The number of aliphatic carboxylic acids is 1. The van der Waals surface area contributed by atoms with Crippen molar-refractivity contribution >= 4 is 40.4 Å². The smallest absolute Gasteiger partial charge is 0.322 e. The molecule has 0 saturated heterocycles. The number of amides is 4. The Morgan fingerprint density at radius 1 is 0.852 bits per heavy atom. The van der Waals surface area contributed by atoms with Crippen LogP contribution in [0.2, 0.25) is 0 Å². The van der Waals surface area contributed by atoms with E-state index in [0.29, 0.717) is 16.5 Å². The number of nitrogens with zero attached hydrogens (tertiary/aromatic N) is 1. The Hall–Kier alpha value is -3.75. The number of carbonyl (C=O) groups excluding carboxylic acids is 4. The minimum Gasteiger partial charge on any atom is -0.480 e. The average molecular weight is 369 g/mol. The van der Waals surface area contributed by atoms with Gasteiger partial charge in [-0.25, -0.2) is 0 Å². The van der Waals surface area contributed by atoms with E-state index in [1.807, 2.05) is 0 Å². The molecule has 1 aliphatic heterocycles. The minimum atomic E-state index is -1.22. The first-order chi connectivity index (χ1) is 12.9.